The van der Waals surface area contributed by atoms with E-state index in [1.54, 1.807) is 4.68 Å². The van der Waals surface area contributed by atoms with Crippen molar-refractivity contribution in [1.82, 2.24) is 20.4 Å². The van der Waals surface area contributed by atoms with Crippen LogP contribution < -0.4 is 16.0 Å². The maximum absolute atomic E-state index is 11.8. The van der Waals surface area contributed by atoms with Crippen molar-refractivity contribution in [2.24, 2.45) is 12.0 Å². The molecule has 3 N–H and O–H groups in total. The van der Waals surface area contributed by atoms with Crippen LogP contribution in [0, 0.1) is 0 Å². The maximum Gasteiger partial charge on any atom is 0.412 e. The van der Waals surface area contributed by atoms with Crippen LogP contribution in [0.2, 0.25) is 0 Å². The van der Waals surface area contributed by atoms with Gasteiger partial charge in [0.05, 0.1) is 12.7 Å². The van der Waals surface area contributed by atoms with Crippen molar-refractivity contribution in [1.29, 1.82) is 0 Å². The Morgan fingerprint density at radius 3 is 2.43 bits per heavy atom. The summed E-state index contributed by atoms with van der Waals surface area (Å²) in [7, 11) is 1.89. The molecular formula is C21H33IN6O2. The molecule has 2 rings (SSSR count). The molecule has 0 bridgehead atoms. The fraction of sp³-hybridized carbons (Fsp3) is 0.476. The Kier molecular flexibility index (Phi) is 10.6. The van der Waals surface area contributed by atoms with E-state index in [1.807, 2.05) is 71.4 Å². The first-order valence-electron chi connectivity index (χ1n) is 9.84. The Hall–Kier alpha value is -2.30. The minimum atomic E-state index is -0.515. The number of anilines is 1. The van der Waals surface area contributed by atoms with E-state index in [9.17, 15) is 4.79 Å². The van der Waals surface area contributed by atoms with Crippen molar-refractivity contribution in [2.75, 3.05) is 18.4 Å². The summed E-state index contributed by atoms with van der Waals surface area (Å²) in [6.07, 6.45) is 4.16. The summed E-state index contributed by atoms with van der Waals surface area (Å²) >= 11 is 0. The number of rotatable bonds is 7. The SMILES string of the molecule is CCNC(=NCc1cnn(C)c1)NCCc1ccc(NC(=O)OC(C)(C)C)cc1.I. The highest BCUT2D eigenvalue weighted by atomic mass is 127. The number of ether oxygens (including phenoxy) is 1. The van der Waals surface area contributed by atoms with Crippen molar-refractivity contribution in [2.45, 2.75) is 46.3 Å². The molecule has 0 fully saturated rings. The lowest BCUT2D eigenvalue weighted by Gasteiger charge is -2.19. The smallest absolute Gasteiger partial charge is 0.412 e. The largest absolute Gasteiger partial charge is 0.444 e. The number of aliphatic imine (C=N–C) groups is 1. The van der Waals surface area contributed by atoms with Gasteiger partial charge in [0.2, 0.25) is 0 Å². The van der Waals surface area contributed by atoms with Crippen LogP contribution in [-0.4, -0.2) is 40.5 Å². The summed E-state index contributed by atoms with van der Waals surface area (Å²) in [6.45, 7) is 9.67. The number of carbonyl (C=O) groups excluding carboxylic acids is 1. The third-order valence-electron chi connectivity index (χ3n) is 3.83. The van der Waals surface area contributed by atoms with Gasteiger partial charge in [0, 0.05) is 37.6 Å². The Morgan fingerprint density at radius 1 is 1.17 bits per heavy atom. The lowest BCUT2D eigenvalue weighted by atomic mass is 10.1. The zero-order valence-electron chi connectivity index (χ0n) is 18.4. The van der Waals surface area contributed by atoms with E-state index in [4.69, 9.17) is 4.74 Å². The monoisotopic (exact) mass is 528 g/mol. The van der Waals surface area contributed by atoms with E-state index in [0.717, 1.165) is 36.6 Å². The second-order valence-corrected chi connectivity index (χ2v) is 7.72. The van der Waals surface area contributed by atoms with Crippen LogP contribution in [-0.2, 0) is 24.8 Å². The van der Waals surface area contributed by atoms with Crippen LogP contribution in [0.25, 0.3) is 0 Å². The van der Waals surface area contributed by atoms with Crippen molar-refractivity contribution in [3.63, 3.8) is 0 Å². The number of hydrogen-bond donors (Lipinski definition) is 3. The van der Waals surface area contributed by atoms with E-state index >= 15 is 0 Å². The van der Waals surface area contributed by atoms with Gasteiger partial charge in [-0.2, -0.15) is 5.10 Å². The first kappa shape index (κ1) is 25.7. The standard InChI is InChI=1S/C21H32N6O2.HI/c1-6-22-19(24-13-17-14-25-27(5)15-17)23-12-11-16-7-9-18(10-8-16)26-20(28)29-21(2,3)4;/h7-10,14-15H,6,11-13H2,1-5H3,(H,26,28)(H2,22,23,24);1H. The molecule has 0 aliphatic rings. The van der Waals surface area contributed by atoms with Crippen LogP contribution in [0.1, 0.15) is 38.8 Å². The molecule has 166 valence electrons. The van der Waals surface area contributed by atoms with Crippen LogP contribution in [0.4, 0.5) is 10.5 Å². The number of halogens is 1. The molecular weight excluding hydrogens is 495 g/mol. The van der Waals surface area contributed by atoms with Crippen molar-refractivity contribution >= 4 is 41.7 Å². The van der Waals surface area contributed by atoms with Crippen molar-refractivity contribution < 1.29 is 9.53 Å². The average molecular weight is 528 g/mol. The third kappa shape index (κ3) is 9.95. The van der Waals surface area contributed by atoms with Gasteiger partial charge in [0.15, 0.2) is 5.96 Å². The summed E-state index contributed by atoms with van der Waals surface area (Å²) in [6, 6.07) is 7.74. The molecule has 1 heterocycles. The molecule has 1 aromatic carbocycles. The molecule has 9 heteroatoms. The molecule has 0 saturated carbocycles. The molecule has 0 radical (unpaired) electrons. The minimum Gasteiger partial charge on any atom is -0.444 e. The lowest BCUT2D eigenvalue weighted by molar-refractivity contribution is 0.0636. The first-order chi connectivity index (χ1) is 13.7. The number of guanidine groups is 1. The highest BCUT2D eigenvalue weighted by Gasteiger charge is 2.16. The van der Waals surface area contributed by atoms with Gasteiger partial charge in [-0.1, -0.05) is 12.1 Å². The predicted molar refractivity (Wildman–Crippen MR) is 131 cm³/mol. The van der Waals surface area contributed by atoms with E-state index < -0.39 is 11.7 Å². The summed E-state index contributed by atoms with van der Waals surface area (Å²) in [5.41, 5.74) is 2.42. The second kappa shape index (κ2) is 12.4. The number of carbonyl (C=O) groups is 1. The summed E-state index contributed by atoms with van der Waals surface area (Å²) < 4.78 is 7.03. The second-order valence-electron chi connectivity index (χ2n) is 7.72. The Bertz CT molecular complexity index is 812. The van der Waals surface area contributed by atoms with E-state index in [1.165, 1.54) is 0 Å². The highest BCUT2D eigenvalue weighted by Crippen LogP contribution is 2.13. The summed E-state index contributed by atoms with van der Waals surface area (Å²) in [5.74, 6) is 0.777. The van der Waals surface area contributed by atoms with Crippen molar-refractivity contribution in [3.05, 3.63) is 47.8 Å². The van der Waals surface area contributed by atoms with E-state index in [0.29, 0.717) is 12.2 Å². The highest BCUT2D eigenvalue weighted by molar-refractivity contribution is 14.0. The van der Waals surface area contributed by atoms with Crippen LogP contribution in [0.5, 0.6) is 0 Å². The zero-order valence-corrected chi connectivity index (χ0v) is 20.7. The molecule has 8 nitrogen and oxygen atoms in total. The topological polar surface area (TPSA) is 92.6 Å². The van der Waals surface area contributed by atoms with Gasteiger partial charge in [-0.05, 0) is 51.8 Å². The fourth-order valence-corrected chi connectivity index (χ4v) is 2.57. The van der Waals surface area contributed by atoms with E-state index in [2.05, 4.69) is 26.0 Å². The van der Waals surface area contributed by atoms with Gasteiger partial charge < -0.3 is 15.4 Å². The van der Waals surface area contributed by atoms with Crippen LogP contribution in [0.15, 0.2) is 41.7 Å². The number of nitrogens with one attached hydrogen (secondary N) is 3. The Labute approximate surface area is 195 Å². The number of nitrogens with zero attached hydrogens (tertiary/aromatic N) is 3. The fourth-order valence-electron chi connectivity index (χ4n) is 2.57. The maximum atomic E-state index is 11.8. The average Bonchev–Trinajstić information content (AvgIpc) is 3.05. The number of benzene rings is 1. The molecule has 2 aromatic rings. The molecule has 0 atom stereocenters. The zero-order chi connectivity index (χ0) is 21.3. The number of amides is 1. The van der Waals surface area contributed by atoms with Gasteiger partial charge in [-0.25, -0.2) is 9.79 Å². The molecule has 0 saturated heterocycles. The summed E-state index contributed by atoms with van der Waals surface area (Å²) in [4.78, 5) is 16.4. The Morgan fingerprint density at radius 2 is 1.87 bits per heavy atom. The van der Waals surface area contributed by atoms with Crippen LogP contribution in [0.3, 0.4) is 0 Å². The molecule has 0 unspecified atom stereocenters. The molecule has 30 heavy (non-hydrogen) atoms. The van der Waals surface area contributed by atoms with Crippen LogP contribution >= 0.6 is 24.0 Å². The van der Waals surface area contributed by atoms with E-state index in [-0.39, 0.29) is 24.0 Å². The summed E-state index contributed by atoms with van der Waals surface area (Å²) in [5, 5.41) is 13.5. The normalized spacial score (nSPS) is 11.4. The van der Waals surface area contributed by atoms with Gasteiger partial charge in [0.25, 0.3) is 0 Å². The van der Waals surface area contributed by atoms with Gasteiger partial charge in [-0.15, -0.1) is 24.0 Å². The molecule has 0 spiro atoms. The molecule has 1 amide bonds. The molecule has 0 aliphatic carbocycles. The number of aromatic nitrogens is 2. The third-order valence-corrected chi connectivity index (χ3v) is 3.83. The lowest BCUT2D eigenvalue weighted by Crippen LogP contribution is -2.38. The number of aryl methyl sites for hydroxylation is 1. The first-order valence-corrected chi connectivity index (χ1v) is 9.84. The molecule has 0 aliphatic heterocycles. The van der Waals surface area contributed by atoms with Gasteiger partial charge in [-0.3, -0.25) is 10.00 Å². The quantitative estimate of drug-likeness (QED) is 0.290. The van der Waals surface area contributed by atoms with Gasteiger partial charge >= 0.3 is 6.09 Å². The van der Waals surface area contributed by atoms with Crippen molar-refractivity contribution in [3.8, 4) is 0 Å². The van der Waals surface area contributed by atoms with Gasteiger partial charge in [0.1, 0.15) is 5.60 Å². The predicted octanol–water partition coefficient (Wildman–Crippen LogP) is 3.68. The number of hydrogen-bond acceptors (Lipinski definition) is 4. The minimum absolute atomic E-state index is 0. The molecule has 1 aromatic heterocycles. The Balaban J connectivity index is 0.00000450.